The summed E-state index contributed by atoms with van der Waals surface area (Å²) in [5, 5.41) is 6.52. The second-order valence-corrected chi connectivity index (χ2v) is 10.8. The molecule has 0 aromatic heterocycles. The Morgan fingerprint density at radius 1 is 1.03 bits per heavy atom. The number of halogens is 1. The van der Waals surface area contributed by atoms with Crippen LogP contribution in [0.5, 0.6) is 0 Å². The van der Waals surface area contributed by atoms with Crippen LogP contribution in [0.3, 0.4) is 0 Å². The van der Waals surface area contributed by atoms with Gasteiger partial charge in [-0.3, -0.25) is 4.79 Å². The number of piperidine rings is 1. The molecule has 34 heavy (non-hydrogen) atoms. The van der Waals surface area contributed by atoms with E-state index in [0.29, 0.717) is 12.3 Å². The molecule has 3 aromatic carbocycles. The normalized spacial score (nSPS) is 25.8. The monoisotopic (exact) mass is 513 g/mol. The molecule has 0 unspecified atom stereocenters. The molecule has 0 N–H and O–H groups in total. The lowest BCUT2D eigenvalue weighted by atomic mass is 9.64. The molecule has 6 rings (SSSR count). The molecule has 1 fully saturated rings. The third-order valence-electron chi connectivity index (χ3n) is 7.94. The molecule has 3 aromatic rings. The first kappa shape index (κ1) is 21.6. The minimum absolute atomic E-state index is 0.105. The number of benzene rings is 3. The number of fused-ring (bicyclic) bond motifs is 4. The maximum absolute atomic E-state index is 14.3. The Bertz CT molecular complexity index is 1260. The van der Waals surface area contributed by atoms with Gasteiger partial charge in [-0.25, -0.2) is 0 Å². The second-order valence-electron chi connectivity index (χ2n) is 9.85. The van der Waals surface area contributed by atoms with E-state index in [1.165, 1.54) is 16.8 Å². The first-order valence-electron chi connectivity index (χ1n) is 12.1. The maximum Gasteiger partial charge on any atom is 0.261 e. The maximum atomic E-state index is 14.3. The van der Waals surface area contributed by atoms with E-state index in [9.17, 15) is 4.79 Å². The van der Waals surface area contributed by atoms with Gasteiger partial charge in [0.15, 0.2) is 0 Å². The first-order chi connectivity index (χ1) is 16.6. The summed E-state index contributed by atoms with van der Waals surface area (Å²) in [5.41, 5.74) is 5.01. The van der Waals surface area contributed by atoms with Crippen LogP contribution in [0.1, 0.15) is 30.9 Å². The SMILES string of the molecule is CC1=NN(c2ccccc2)C(=O)[C@]12Cc1cc(Br)ccc1N1CC[C@@H](Cc3ccccc3)C[C@H]12. The molecule has 3 aliphatic rings. The topological polar surface area (TPSA) is 35.9 Å². The van der Waals surface area contributed by atoms with Gasteiger partial charge in [-0.2, -0.15) is 10.1 Å². The van der Waals surface area contributed by atoms with Crippen molar-refractivity contribution in [3.8, 4) is 0 Å². The quantitative estimate of drug-likeness (QED) is 0.415. The van der Waals surface area contributed by atoms with Crippen molar-refractivity contribution in [2.24, 2.45) is 16.4 Å². The highest BCUT2D eigenvalue weighted by molar-refractivity contribution is 9.10. The van der Waals surface area contributed by atoms with Crippen LogP contribution < -0.4 is 9.91 Å². The van der Waals surface area contributed by atoms with Gasteiger partial charge < -0.3 is 4.90 Å². The van der Waals surface area contributed by atoms with E-state index in [0.717, 1.165) is 41.7 Å². The van der Waals surface area contributed by atoms with Crippen molar-refractivity contribution in [2.75, 3.05) is 16.5 Å². The number of carbonyl (C=O) groups is 1. The van der Waals surface area contributed by atoms with Gasteiger partial charge in [-0.05, 0) is 80.0 Å². The lowest BCUT2D eigenvalue weighted by molar-refractivity contribution is -0.125. The predicted octanol–water partition coefficient (Wildman–Crippen LogP) is 6.24. The van der Waals surface area contributed by atoms with Crippen molar-refractivity contribution in [1.82, 2.24) is 0 Å². The number of anilines is 2. The lowest BCUT2D eigenvalue weighted by Crippen LogP contribution is -2.62. The largest absolute Gasteiger partial charge is 0.367 e. The van der Waals surface area contributed by atoms with Gasteiger partial charge in [0, 0.05) is 22.7 Å². The van der Waals surface area contributed by atoms with Crippen LogP contribution in [0.2, 0.25) is 0 Å². The first-order valence-corrected chi connectivity index (χ1v) is 12.9. The van der Waals surface area contributed by atoms with E-state index in [1.54, 1.807) is 5.01 Å². The number of carbonyl (C=O) groups excluding carboxylic acids is 1. The molecule has 1 saturated heterocycles. The van der Waals surface area contributed by atoms with E-state index >= 15 is 0 Å². The standard InChI is InChI=1S/C29H28BrN3O/c1-20-29(28(34)33(31-20)25-10-6-3-7-11-25)19-23-18-24(30)12-13-26(23)32-15-14-22(17-27(29)32)16-21-8-4-2-5-9-21/h2-13,18,22,27H,14-17,19H2,1H3/t22-,27-,29+/m0/s1. The van der Waals surface area contributed by atoms with E-state index in [-0.39, 0.29) is 11.9 Å². The van der Waals surface area contributed by atoms with E-state index < -0.39 is 5.41 Å². The third-order valence-corrected chi connectivity index (χ3v) is 8.43. The molecule has 0 bridgehead atoms. The molecule has 3 atom stereocenters. The Morgan fingerprint density at radius 3 is 2.53 bits per heavy atom. The van der Waals surface area contributed by atoms with Gasteiger partial charge in [-0.15, -0.1) is 0 Å². The van der Waals surface area contributed by atoms with E-state index in [1.807, 2.05) is 30.3 Å². The van der Waals surface area contributed by atoms with Crippen LogP contribution in [0.15, 0.2) is 88.4 Å². The fourth-order valence-electron chi connectivity index (χ4n) is 6.28. The highest BCUT2D eigenvalue weighted by Gasteiger charge is 2.59. The molecular formula is C29H28BrN3O. The summed E-state index contributed by atoms with van der Waals surface area (Å²) in [5.74, 6) is 0.654. The number of hydrogen-bond acceptors (Lipinski definition) is 3. The van der Waals surface area contributed by atoms with Crippen molar-refractivity contribution in [3.63, 3.8) is 0 Å². The van der Waals surface area contributed by atoms with Crippen LogP contribution in [0.25, 0.3) is 0 Å². The van der Waals surface area contributed by atoms with Crippen molar-refractivity contribution in [3.05, 3.63) is 94.5 Å². The molecular weight excluding hydrogens is 486 g/mol. The summed E-state index contributed by atoms with van der Waals surface area (Å²) >= 11 is 3.66. The molecule has 4 nitrogen and oxygen atoms in total. The average molecular weight is 514 g/mol. The zero-order chi connectivity index (χ0) is 23.3. The summed E-state index contributed by atoms with van der Waals surface area (Å²) < 4.78 is 1.05. The molecule has 0 radical (unpaired) electrons. The Labute approximate surface area is 209 Å². The summed E-state index contributed by atoms with van der Waals surface area (Å²) in [6, 6.07) is 27.2. The Morgan fingerprint density at radius 2 is 1.76 bits per heavy atom. The number of amides is 1. The smallest absolute Gasteiger partial charge is 0.261 e. The molecule has 5 heteroatoms. The fourth-order valence-corrected chi connectivity index (χ4v) is 6.69. The van der Waals surface area contributed by atoms with Gasteiger partial charge in [0.05, 0.1) is 11.4 Å². The number of hydrogen-bond donors (Lipinski definition) is 0. The lowest BCUT2D eigenvalue weighted by Gasteiger charge is -2.52. The van der Waals surface area contributed by atoms with Crippen LogP contribution in [-0.4, -0.2) is 24.2 Å². The van der Waals surface area contributed by atoms with Crippen molar-refractivity contribution < 1.29 is 4.79 Å². The highest BCUT2D eigenvalue weighted by atomic mass is 79.9. The van der Waals surface area contributed by atoms with Gasteiger partial charge in [-0.1, -0.05) is 64.5 Å². The molecule has 1 spiro atoms. The minimum Gasteiger partial charge on any atom is -0.367 e. The number of rotatable bonds is 3. The Kier molecular flexibility index (Phi) is 5.33. The number of hydrazone groups is 1. The van der Waals surface area contributed by atoms with E-state index in [2.05, 4.69) is 76.3 Å². The molecule has 1 amide bonds. The van der Waals surface area contributed by atoms with Crippen LogP contribution in [0.4, 0.5) is 11.4 Å². The van der Waals surface area contributed by atoms with E-state index in [4.69, 9.17) is 5.10 Å². The van der Waals surface area contributed by atoms with Crippen LogP contribution >= 0.6 is 15.9 Å². The van der Waals surface area contributed by atoms with Crippen molar-refractivity contribution >= 4 is 38.9 Å². The molecule has 3 heterocycles. The minimum atomic E-state index is -0.640. The Balaban J connectivity index is 1.41. The van der Waals surface area contributed by atoms with Gasteiger partial charge >= 0.3 is 0 Å². The van der Waals surface area contributed by atoms with Gasteiger partial charge in [0.25, 0.3) is 5.91 Å². The van der Waals surface area contributed by atoms with Crippen molar-refractivity contribution in [2.45, 2.75) is 38.6 Å². The number of para-hydroxylation sites is 1. The predicted molar refractivity (Wildman–Crippen MR) is 141 cm³/mol. The summed E-state index contributed by atoms with van der Waals surface area (Å²) in [6.45, 7) is 3.02. The summed E-state index contributed by atoms with van der Waals surface area (Å²) in [7, 11) is 0. The third kappa shape index (κ3) is 3.40. The van der Waals surface area contributed by atoms with Crippen LogP contribution in [0, 0.1) is 11.3 Å². The van der Waals surface area contributed by atoms with Crippen LogP contribution in [-0.2, 0) is 17.6 Å². The summed E-state index contributed by atoms with van der Waals surface area (Å²) in [6.07, 6.45) is 3.87. The molecule has 3 aliphatic heterocycles. The molecule has 172 valence electrons. The summed E-state index contributed by atoms with van der Waals surface area (Å²) in [4.78, 5) is 16.8. The average Bonchev–Trinajstić information content (AvgIpc) is 3.11. The Hall–Kier alpha value is -2.92. The molecule has 0 aliphatic carbocycles. The highest BCUT2D eigenvalue weighted by Crippen LogP contribution is 2.51. The van der Waals surface area contributed by atoms with Gasteiger partial charge in [0.2, 0.25) is 0 Å². The molecule has 0 saturated carbocycles. The zero-order valence-corrected chi connectivity index (χ0v) is 20.9. The van der Waals surface area contributed by atoms with Crippen molar-refractivity contribution in [1.29, 1.82) is 0 Å². The second kappa shape index (κ2) is 8.38. The zero-order valence-electron chi connectivity index (χ0n) is 19.3. The number of nitrogens with zero attached hydrogens (tertiary/aromatic N) is 3. The van der Waals surface area contributed by atoms with Gasteiger partial charge in [0.1, 0.15) is 5.41 Å². The fraction of sp³-hybridized carbons (Fsp3) is 0.310.